The first-order valence-electron chi connectivity index (χ1n) is 10.4. The van der Waals surface area contributed by atoms with Crippen LogP contribution >= 0.6 is 0 Å². The van der Waals surface area contributed by atoms with E-state index in [0.29, 0.717) is 30.2 Å². The Morgan fingerprint density at radius 3 is 2.70 bits per heavy atom. The fourth-order valence-corrected chi connectivity index (χ4v) is 4.32. The van der Waals surface area contributed by atoms with E-state index in [-0.39, 0.29) is 42.6 Å². The van der Waals surface area contributed by atoms with E-state index >= 15 is 0 Å². The normalized spacial score (nSPS) is 24.0. The third-order valence-electron chi connectivity index (χ3n) is 5.92. The van der Waals surface area contributed by atoms with Gasteiger partial charge in [0.15, 0.2) is 18.2 Å². The number of halogens is 5. The number of hydrogen-bond donors (Lipinski definition) is 1. The molecule has 0 aliphatic carbocycles. The minimum absolute atomic E-state index is 0.0774. The molecule has 0 aromatic carbocycles. The number of anilines is 3. The minimum atomic E-state index is -4.55. The molecular formula is C20H21F5N6O2. The second kappa shape index (κ2) is 7.82. The first kappa shape index (κ1) is 21.9. The Balaban J connectivity index is 1.51. The van der Waals surface area contributed by atoms with Crippen LogP contribution in [0.15, 0.2) is 18.3 Å². The van der Waals surface area contributed by atoms with Crippen molar-refractivity contribution < 1.29 is 31.4 Å². The Hall–Kier alpha value is -2.96. The number of nitrogens with two attached hydrogens (primary N) is 1. The second-order valence-corrected chi connectivity index (χ2v) is 8.45. The number of ether oxygens (including phenoxy) is 2. The fraction of sp³-hybridized carbons (Fsp3) is 0.550. The van der Waals surface area contributed by atoms with Gasteiger partial charge in [0, 0.05) is 37.3 Å². The van der Waals surface area contributed by atoms with Gasteiger partial charge in [-0.3, -0.25) is 0 Å². The number of nitrogen functional groups attached to an aromatic ring is 1. The fourth-order valence-electron chi connectivity index (χ4n) is 4.32. The van der Waals surface area contributed by atoms with Crippen molar-refractivity contribution >= 4 is 17.6 Å². The zero-order chi connectivity index (χ0) is 23.4. The summed E-state index contributed by atoms with van der Waals surface area (Å²) in [6.45, 7) is -0.797. The Kier molecular flexibility index (Phi) is 5.18. The number of fused-ring (bicyclic) bond motifs is 2. The molecule has 2 aromatic rings. The SMILES string of the molecule is Nc1ncc(-c2cc(N3C[C@@H]4C[C@H]3CO4)nc(N3CCC(F)(F)C3)n2)cc1OCC(F)(F)F. The molecule has 2 atom stereocenters. The molecule has 178 valence electrons. The molecule has 0 saturated carbocycles. The third-order valence-corrected chi connectivity index (χ3v) is 5.92. The summed E-state index contributed by atoms with van der Waals surface area (Å²) in [5.74, 6) is -2.63. The highest BCUT2D eigenvalue weighted by atomic mass is 19.4. The molecule has 3 aliphatic rings. The Morgan fingerprint density at radius 1 is 1.24 bits per heavy atom. The zero-order valence-corrected chi connectivity index (χ0v) is 17.4. The summed E-state index contributed by atoms with van der Waals surface area (Å²) < 4.78 is 75.9. The summed E-state index contributed by atoms with van der Waals surface area (Å²) in [7, 11) is 0. The van der Waals surface area contributed by atoms with Crippen LogP contribution in [0.3, 0.4) is 0 Å². The van der Waals surface area contributed by atoms with Gasteiger partial charge in [-0.25, -0.2) is 18.7 Å². The summed E-state index contributed by atoms with van der Waals surface area (Å²) in [6.07, 6.45) is -2.58. The van der Waals surface area contributed by atoms with Crippen LogP contribution in [0, 0.1) is 0 Å². The summed E-state index contributed by atoms with van der Waals surface area (Å²) in [5, 5.41) is 0. The van der Waals surface area contributed by atoms with Crippen LogP contribution < -0.4 is 20.3 Å². The van der Waals surface area contributed by atoms with Gasteiger partial charge < -0.3 is 25.0 Å². The lowest BCUT2D eigenvalue weighted by Gasteiger charge is -2.29. The van der Waals surface area contributed by atoms with Crippen LogP contribution in [0.2, 0.25) is 0 Å². The van der Waals surface area contributed by atoms with Crippen molar-refractivity contribution in [1.29, 1.82) is 0 Å². The van der Waals surface area contributed by atoms with Gasteiger partial charge in [0.25, 0.3) is 5.92 Å². The van der Waals surface area contributed by atoms with E-state index in [9.17, 15) is 22.0 Å². The van der Waals surface area contributed by atoms with Crippen LogP contribution in [-0.4, -0.2) is 72.0 Å². The first-order valence-corrected chi connectivity index (χ1v) is 10.4. The highest BCUT2D eigenvalue weighted by Crippen LogP contribution is 2.37. The highest BCUT2D eigenvalue weighted by Gasteiger charge is 2.42. The lowest BCUT2D eigenvalue weighted by atomic mass is 10.2. The van der Waals surface area contributed by atoms with Gasteiger partial charge in [-0.05, 0) is 12.5 Å². The van der Waals surface area contributed by atoms with Gasteiger partial charge in [0.05, 0.1) is 31.0 Å². The summed E-state index contributed by atoms with van der Waals surface area (Å²) >= 11 is 0. The maximum atomic E-state index is 13.8. The molecule has 3 aliphatic heterocycles. The maximum Gasteiger partial charge on any atom is 0.422 e. The zero-order valence-electron chi connectivity index (χ0n) is 17.4. The highest BCUT2D eigenvalue weighted by molar-refractivity contribution is 5.68. The number of alkyl halides is 5. The predicted octanol–water partition coefficient (Wildman–Crippen LogP) is 2.88. The molecule has 2 N–H and O–H groups in total. The van der Waals surface area contributed by atoms with Gasteiger partial charge in [-0.1, -0.05) is 0 Å². The number of morpholine rings is 1. The maximum absolute atomic E-state index is 13.8. The molecule has 5 rings (SSSR count). The third kappa shape index (κ3) is 4.59. The van der Waals surface area contributed by atoms with E-state index in [2.05, 4.69) is 15.0 Å². The molecule has 0 radical (unpaired) electrons. The second-order valence-electron chi connectivity index (χ2n) is 8.45. The van der Waals surface area contributed by atoms with Gasteiger partial charge in [-0.15, -0.1) is 0 Å². The first-order chi connectivity index (χ1) is 15.6. The average Bonchev–Trinajstić information content (AvgIpc) is 3.48. The number of pyridine rings is 1. The van der Waals surface area contributed by atoms with Gasteiger partial charge in [0.2, 0.25) is 5.95 Å². The molecule has 2 bridgehead atoms. The topological polar surface area (TPSA) is 89.6 Å². The Bertz CT molecular complexity index is 1050. The van der Waals surface area contributed by atoms with E-state index < -0.39 is 25.3 Å². The van der Waals surface area contributed by atoms with E-state index in [0.717, 1.165) is 6.42 Å². The number of aromatic nitrogens is 3. The molecule has 0 unspecified atom stereocenters. The average molecular weight is 472 g/mol. The number of hydrogen-bond acceptors (Lipinski definition) is 8. The van der Waals surface area contributed by atoms with Crippen LogP contribution in [0.25, 0.3) is 11.3 Å². The molecule has 3 saturated heterocycles. The molecule has 3 fully saturated rings. The van der Waals surface area contributed by atoms with E-state index in [4.69, 9.17) is 15.2 Å². The molecule has 33 heavy (non-hydrogen) atoms. The Labute approximate surface area is 185 Å². The Morgan fingerprint density at radius 2 is 2.06 bits per heavy atom. The molecule has 0 amide bonds. The van der Waals surface area contributed by atoms with Gasteiger partial charge >= 0.3 is 6.18 Å². The van der Waals surface area contributed by atoms with Crippen LogP contribution in [0.5, 0.6) is 5.75 Å². The number of nitrogens with zero attached hydrogens (tertiary/aromatic N) is 5. The standard InChI is InChI=1S/C20H21F5N6O2/c21-19(22)1-2-30(9-19)18-28-14(5-16(29-18)31-7-13-4-12(31)8-32-13)11-3-15(17(26)27-6-11)33-10-20(23,24)25/h3,5-6,12-13H,1-2,4,7-10H2,(H2,26,27)/t12-,13-/m0/s1. The van der Waals surface area contributed by atoms with Crippen LogP contribution in [0.1, 0.15) is 12.8 Å². The molecule has 8 nitrogen and oxygen atoms in total. The van der Waals surface area contributed by atoms with E-state index in [1.165, 1.54) is 17.2 Å². The molecule has 2 aromatic heterocycles. The molecule has 13 heteroatoms. The lowest BCUT2D eigenvalue weighted by molar-refractivity contribution is -0.153. The van der Waals surface area contributed by atoms with Crippen LogP contribution in [0.4, 0.5) is 39.5 Å². The molecule has 0 spiro atoms. The van der Waals surface area contributed by atoms with Crippen molar-refractivity contribution in [3.8, 4) is 17.0 Å². The monoisotopic (exact) mass is 472 g/mol. The van der Waals surface area contributed by atoms with Crippen molar-refractivity contribution in [2.24, 2.45) is 0 Å². The van der Waals surface area contributed by atoms with Crippen molar-refractivity contribution in [3.05, 3.63) is 18.3 Å². The van der Waals surface area contributed by atoms with Crippen molar-refractivity contribution in [2.45, 2.75) is 37.1 Å². The quantitative estimate of drug-likeness (QED) is 0.665. The van der Waals surface area contributed by atoms with Gasteiger partial charge in [0.1, 0.15) is 5.82 Å². The number of rotatable bonds is 5. The molecular weight excluding hydrogens is 451 g/mol. The van der Waals surface area contributed by atoms with Gasteiger partial charge in [-0.2, -0.15) is 18.2 Å². The smallest absolute Gasteiger partial charge is 0.422 e. The summed E-state index contributed by atoms with van der Waals surface area (Å²) in [6, 6.07) is 3.09. The minimum Gasteiger partial charge on any atom is -0.480 e. The lowest BCUT2D eigenvalue weighted by Crippen LogP contribution is -2.38. The van der Waals surface area contributed by atoms with Crippen molar-refractivity contribution in [3.63, 3.8) is 0 Å². The summed E-state index contributed by atoms with van der Waals surface area (Å²) in [4.78, 5) is 16.4. The summed E-state index contributed by atoms with van der Waals surface area (Å²) in [5.41, 5.74) is 6.33. The molecule has 5 heterocycles. The van der Waals surface area contributed by atoms with E-state index in [1.54, 1.807) is 6.07 Å². The predicted molar refractivity (Wildman–Crippen MR) is 108 cm³/mol. The van der Waals surface area contributed by atoms with Crippen LogP contribution in [-0.2, 0) is 4.74 Å². The van der Waals surface area contributed by atoms with E-state index in [1.807, 2.05) is 4.90 Å². The van der Waals surface area contributed by atoms with Crippen molar-refractivity contribution in [1.82, 2.24) is 15.0 Å². The largest absolute Gasteiger partial charge is 0.480 e. The van der Waals surface area contributed by atoms with Crippen molar-refractivity contribution in [2.75, 3.05) is 48.4 Å².